The number of carbonyl (C=O) groups excluding carboxylic acids is 4. The first-order chi connectivity index (χ1) is 17.0. The monoisotopic (exact) mass is 490 g/mol. The first-order valence-corrected chi connectivity index (χ1v) is 13.1. The van der Waals surface area contributed by atoms with Gasteiger partial charge < -0.3 is 10.1 Å². The van der Waals surface area contributed by atoms with Gasteiger partial charge in [-0.2, -0.15) is 0 Å². The zero-order valence-electron chi connectivity index (χ0n) is 19.4. The molecule has 0 spiro atoms. The lowest BCUT2D eigenvalue weighted by Crippen LogP contribution is -2.32. The summed E-state index contributed by atoms with van der Waals surface area (Å²) in [7, 11) is 0. The summed E-state index contributed by atoms with van der Waals surface area (Å²) in [6.45, 7) is 2.03. The van der Waals surface area contributed by atoms with Crippen LogP contribution in [0.3, 0.4) is 0 Å². The van der Waals surface area contributed by atoms with Gasteiger partial charge in [0.2, 0.25) is 11.8 Å². The Morgan fingerprint density at radius 3 is 2.34 bits per heavy atom. The van der Waals surface area contributed by atoms with Gasteiger partial charge in [-0.1, -0.05) is 12.2 Å². The number of anilines is 2. The number of amides is 3. The van der Waals surface area contributed by atoms with Crippen LogP contribution in [0, 0.1) is 23.7 Å². The molecule has 1 N–H and O–H groups in total. The van der Waals surface area contributed by atoms with E-state index in [1.54, 1.807) is 31.2 Å². The van der Waals surface area contributed by atoms with Crippen LogP contribution >= 0.6 is 11.3 Å². The van der Waals surface area contributed by atoms with Crippen molar-refractivity contribution in [1.29, 1.82) is 0 Å². The largest absolute Gasteiger partial charge is 0.462 e. The quantitative estimate of drug-likeness (QED) is 0.382. The Labute approximate surface area is 207 Å². The van der Waals surface area contributed by atoms with E-state index in [1.165, 1.54) is 16.2 Å². The second kappa shape index (κ2) is 8.45. The molecule has 1 saturated heterocycles. The number of rotatable bonds is 5. The summed E-state index contributed by atoms with van der Waals surface area (Å²) >= 11 is 1.44. The number of benzene rings is 1. The Kier molecular flexibility index (Phi) is 5.36. The molecule has 35 heavy (non-hydrogen) atoms. The molecule has 3 aliphatic carbocycles. The van der Waals surface area contributed by atoms with Gasteiger partial charge >= 0.3 is 5.97 Å². The standard InChI is InChI=1S/C27H26N2O5S/c1-2-34-27(33)22-18-5-3-4-6-19(18)35-24(22)28-23(30)14-9-11-17(12-10-14)29-25(31)20-15-7-8-16(13-15)21(20)26(29)32/h7-12,15-16,20-21H,2-6,13H2,1H3,(H,28,30)/t15-,16-,20-,21+/m1/s1. The highest BCUT2D eigenvalue weighted by Crippen LogP contribution is 2.53. The number of hydrogen-bond donors (Lipinski definition) is 1. The Morgan fingerprint density at radius 2 is 1.69 bits per heavy atom. The Hall–Kier alpha value is -3.26. The number of ether oxygens (including phenoxy) is 1. The van der Waals surface area contributed by atoms with Crippen LogP contribution in [-0.2, 0) is 27.2 Å². The predicted molar refractivity (Wildman–Crippen MR) is 132 cm³/mol. The summed E-state index contributed by atoms with van der Waals surface area (Å²) in [5, 5.41) is 3.42. The number of hydrogen-bond acceptors (Lipinski definition) is 6. The molecule has 180 valence electrons. The highest BCUT2D eigenvalue weighted by molar-refractivity contribution is 7.17. The molecule has 2 bridgehead atoms. The fraction of sp³-hybridized carbons (Fsp3) is 0.407. The van der Waals surface area contributed by atoms with Crippen molar-refractivity contribution in [2.24, 2.45) is 23.7 Å². The van der Waals surface area contributed by atoms with Crippen molar-refractivity contribution >= 4 is 45.7 Å². The van der Waals surface area contributed by atoms with Gasteiger partial charge in [0.1, 0.15) is 5.00 Å². The van der Waals surface area contributed by atoms with Crippen LogP contribution in [0.5, 0.6) is 0 Å². The number of allylic oxidation sites excluding steroid dienone is 2. The molecule has 4 aliphatic rings. The van der Waals surface area contributed by atoms with Crippen LogP contribution < -0.4 is 10.2 Å². The van der Waals surface area contributed by atoms with E-state index in [-0.39, 0.29) is 48.0 Å². The normalized spacial score (nSPS) is 26.1. The minimum Gasteiger partial charge on any atom is -0.462 e. The first kappa shape index (κ1) is 22.2. The van der Waals surface area contributed by atoms with E-state index in [9.17, 15) is 19.2 Å². The van der Waals surface area contributed by atoms with Gasteiger partial charge in [0.15, 0.2) is 0 Å². The van der Waals surface area contributed by atoms with E-state index in [0.29, 0.717) is 21.8 Å². The highest BCUT2D eigenvalue weighted by Gasteiger charge is 2.59. The smallest absolute Gasteiger partial charge is 0.341 e. The number of fused-ring (bicyclic) bond motifs is 6. The molecule has 2 aromatic rings. The van der Waals surface area contributed by atoms with Crippen LogP contribution in [0.4, 0.5) is 10.7 Å². The summed E-state index contributed by atoms with van der Waals surface area (Å²) in [5.41, 5.74) is 2.34. The van der Waals surface area contributed by atoms with Gasteiger partial charge in [0.05, 0.1) is 29.7 Å². The average Bonchev–Trinajstić information content (AvgIpc) is 3.61. The molecule has 1 aromatic heterocycles. The molecule has 1 aliphatic heterocycles. The van der Waals surface area contributed by atoms with E-state index in [2.05, 4.69) is 17.5 Å². The zero-order valence-corrected chi connectivity index (χ0v) is 20.2. The number of nitrogens with one attached hydrogen (secondary N) is 1. The lowest BCUT2D eigenvalue weighted by molar-refractivity contribution is -0.123. The third kappa shape index (κ3) is 3.45. The number of esters is 1. The van der Waals surface area contributed by atoms with Crippen molar-refractivity contribution in [2.75, 3.05) is 16.8 Å². The van der Waals surface area contributed by atoms with Gasteiger partial charge in [-0.3, -0.25) is 19.3 Å². The molecular weight excluding hydrogens is 464 g/mol. The van der Waals surface area contributed by atoms with E-state index >= 15 is 0 Å². The van der Waals surface area contributed by atoms with Gasteiger partial charge in [-0.15, -0.1) is 11.3 Å². The molecule has 8 heteroatoms. The third-order valence-electron chi connectivity index (χ3n) is 7.74. The second-order valence-corrected chi connectivity index (χ2v) is 10.8. The molecule has 4 atom stereocenters. The summed E-state index contributed by atoms with van der Waals surface area (Å²) in [6.07, 6.45) is 8.81. The molecular formula is C27H26N2O5S. The van der Waals surface area contributed by atoms with Crippen LogP contribution in [-0.4, -0.2) is 30.3 Å². The second-order valence-electron chi connectivity index (χ2n) is 9.65. The van der Waals surface area contributed by atoms with Crippen molar-refractivity contribution in [2.45, 2.75) is 39.0 Å². The fourth-order valence-corrected chi connectivity index (χ4v) is 7.44. The minimum atomic E-state index is -0.405. The number of thiophene rings is 1. The maximum Gasteiger partial charge on any atom is 0.341 e. The number of nitrogens with zero attached hydrogens (tertiary/aromatic N) is 1. The van der Waals surface area contributed by atoms with E-state index in [1.807, 2.05) is 0 Å². The van der Waals surface area contributed by atoms with Crippen molar-refractivity contribution in [3.63, 3.8) is 0 Å². The number of imide groups is 1. The van der Waals surface area contributed by atoms with E-state index < -0.39 is 5.97 Å². The maximum absolute atomic E-state index is 13.1. The van der Waals surface area contributed by atoms with Crippen LogP contribution in [0.2, 0.25) is 0 Å². The summed E-state index contributed by atoms with van der Waals surface area (Å²) in [6, 6.07) is 6.52. The van der Waals surface area contributed by atoms with Crippen molar-refractivity contribution in [3.05, 3.63) is 58.0 Å². The van der Waals surface area contributed by atoms with E-state index in [0.717, 1.165) is 42.5 Å². The van der Waals surface area contributed by atoms with Crippen molar-refractivity contribution in [3.8, 4) is 0 Å². The van der Waals surface area contributed by atoms with Crippen molar-refractivity contribution in [1.82, 2.24) is 0 Å². The van der Waals surface area contributed by atoms with Crippen molar-refractivity contribution < 1.29 is 23.9 Å². The number of carbonyl (C=O) groups is 4. The summed E-state index contributed by atoms with van der Waals surface area (Å²) < 4.78 is 5.27. The molecule has 1 saturated carbocycles. The molecule has 2 fully saturated rings. The zero-order chi connectivity index (χ0) is 24.3. The fourth-order valence-electron chi connectivity index (χ4n) is 6.17. The lowest BCUT2D eigenvalue weighted by atomic mass is 9.85. The third-order valence-corrected chi connectivity index (χ3v) is 8.94. The molecule has 0 unspecified atom stereocenters. The summed E-state index contributed by atoms with van der Waals surface area (Å²) in [5.74, 6) is -1.24. The molecule has 2 heterocycles. The molecule has 6 rings (SSSR count). The Bertz CT molecular complexity index is 1250. The first-order valence-electron chi connectivity index (χ1n) is 12.3. The predicted octanol–water partition coefficient (Wildman–Crippen LogP) is 4.37. The van der Waals surface area contributed by atoms with Crippen LogP contribution in [0.25, 0.3) is 0 Å². The van der Waals surface area contributed by atoms with Gasteiger partial charge in [-0.05, 0) is 80.7 Å². The minimum absolute atomic E-state index is 0.141. The Morgan fingerprint density at radius 1 is 1.03 bits per heavy atom. The van der Waals surface area contributed by atoms with Crippen LogP contribution in [0.15, 0.2) is 36.4 Å². The SMILES string of the molecule is CCOC(=O)c1c(NC(=O)c2ccc(N3C(=O)[C@@H]4[C@H](C3=O)[C@@H]3C=C[C@@H]4C3)cc2)sc2c1CCCC2. The molecule has 1 aromatic carbocycles. The van der Waals surface area contributed by atoms with Gasteiger partial charge in [0, 0.05) is 10.4 Å². The molecule has 7 nitrogen and oxygen atoms in total. The maximum atomic E-state index is 13.1. The average molecular weight is 491 g/mol. The topological polar surface area (TPSA) is 92.8 Å². The van der Waals surface area contributed by atoms with Gasteiger partial charge in [-0.25, -0.2) is 4.79 Å². The Balaban J connectivity index is 1.22. The number of aryl methyl sites for hydroxylation is 1. The molecule has 3 amide bonds. The summed E-state index contributed by atoms with van der Waals surface area (Å²) in [4.78, 5) is 54.2. The van der Waals surface area contributed by atoms with Gasteiger partial charge in [0.25, 0.3) is 5.91 Å². The molecule has 0 radical (unpaired) electrons. The van der Waals surface area contributed by atoms with E-state index in [4.69, 9.17) is 4.74 Å². The lowest BCUT2D eigenvalue weighted by Gasteiger charge is -2.17. The highest BCUT2D eigenvalue weighted by atomic mass is 32.1. The van der Waals surface area contributed by atoms with Crippen LogP contribution in [0.1, 0.15) is 57.3 Å².